The predicted molar refractivity (Wildman–Crippen MR) is 113 cm³/mol. The number of nitrogens with two attached hydrogens (primary N) is 1. The first-order valence-corrected chi connectivity index (χ1v) is 9.68. The molecular formula is C22H29N2S+. The van der Waals surface area contributed by atoms with E-state index in [1.165, 1.54) is 27.4 Å². The third-order valence-corrected chi connectivity index (χ3v) is 5.19. The van der Waals surface area contributed by atoms with Gasteiger partial charge in [0, 0.05) is 29.7 Å². The van der Waals surface area contributed by atoms with E-state index in [0.717, 1.165) is 18.0 Å². The zero-order valence-electron chi connectivity index (χ0n) is 15.8. The standard InChI is InChI=1S/C22H28N2S/c1-6-24(7-2)20-13-11-19(12-14-20)10-9-18(4)25-22-15-8-17(3)16-21(22)23-5/h8-16,23H,4,6-7H2,1-3,5H3/p+1/b10-9+. The van der Waals surface area contributed by atoms with Crippen LogP contribution in [0.3, 0.4) is 0 Å². The first kappa shape index (κ1) is 19.4. The van der Waals surface area contributed by atoms with E-state index >= 15 is 0 Å². The van der Waals surface area contributed by atoms with Gasteiger partial charge >= 0.3 is 0 Å². The lowest BCUT2D eigenvalue weighted by atomic mass is 10.2. The van der Waals surface area contributed by atoms with Gasteiger partial charge in [-0.15, -0.1) is 0 Å². The molecule has 0 aliphatic heterocycles. The number of hydrogen-bond donors (Lipinski definition) is 1. The Morgan fingerprint density at radius 3 is 2.40 bits per heavy atom. The van der Waals surface area contributed by atoms with Crippen LogP contribution in [-0.4, -0.2) is 20.1 Å². The lowest BCUT2D eigenvalue weighted by molar-refractivity contribution is -0.541. The second-order valence-electron chi connectivity index (χ2n) is 6.00. The van der Waals surface area contributed by atoms with Crippen LogP contribution in [0, 0.1) is 6.92 Å². The minimum Gasteiger partial charge on any atom is -0.372 e. The Balaban J connectivity index is 2.03. The first-order valence-electron chi connectivity index (χ1n) is 8.87. The molecule has 0 spiro atoms. The number of allylic oxidation sites excluding steroid dienone is 1. The molecule has 25 heavy (non-hydrogen) atoms. The number of thioether (sulfide) groups is 1. The van der Waals surface area contributed by atoms with E-state index in [9.17, 15) is 0 Å². The molecule has 132 valence electrons. The monoisotopic (exact) mass is 353 g/mol. The molecule has 0 radical (unpaired) electrons. The molecule has 0 aromatic heterocycles. The molecule has 2 N–H and O–H groups in total. The summed E-state index contributed by atoms with van der Waals surface area (Å²) in [7, 11) is 2.08. The summed E-state index contributed by atoms with van der Waals surface area (Å²) in [5, 5.41) is 2.15. The van der Waals surface area contributed by atoms with Crippen molar-refractivity contribution in [3.05, 3.63) is 71.2 Å². The van der Waals surface area contributed by atoms with Crippen molar-refractivity contribution in [1.29, 1.82) is 0 Å². The zero-order valence-corrected chi connectivity index (χ0v) is 16.6. The van der Waals surface area contributed by atoms with Crippen LogP contribution >= 0.6 is 11.8 Å². The molecule has 0 heterocycles. The smallest absolute Gasteiger partial charge is 0.143 e. The van der Waals surface area contributed by atoms with Gasteiger partial charge in [-0.1, -0.05) is 42.6 Å². The molecular weight excluding hydrogens is 324 g/mol. The van der Waals surface area contributed by atoms with Gasteiger partial charge in [0.15, 0.2) is 0 Å². The Bertz CT molecular complexity index is 728. The van der Waals surface area contributed by atoms with E-state index in [0.29, 0.717) is 0 Å². The van der Waals surface area contributed by atoms with Crippen molar-refractivity contribution in [2.45, 2.75) is 25.7 Å². The summed E-state index contributed by atoms with van der Waals surface area (Å²) in [6.07, 6.45) is 4.22. The number of benzene rings is 2. The Kier molecular flexibility index (Phi) is 7.35. The maximum absolute atomic E-state index is 4.19. The van der Waals surface area contributed by atoms with Crippen LogP contribution in [0.25, 0.3) is 6.08 Å². The minimum atomic E-state index is 1.03. The molecule has 0 fully saturated rings. The molecule has 0 amide bonds. The molecule has 0 atom stereocenters. The number of hydrogen-bond acceptors (Lipinski definition) is 2. The van der Waals surface area contributed by atoms with Crippen LogP contribution in [0.1, 0.15) is 25.0 Å². The summed E-state index contributed by atoms with van der Waals surface area (Å²) in [5.74, 6) is 0. The normalized spacial score (nSPS) is 11.0. The van der Waals surface area contributed by atoms with Crippen LogP contribution in [-0.2, 0) is 0 Å². The maximum Gasteiger partial charge on any atom is 0.143 e. The van der Waals surface area contributed by atoms with Crippen molar-refractivity contribution in [3.8, 4) is 0 Å². The fourth-order valence-corrected chi connectivity index (χ4v) is 3.59. The molecule has 2 aromatic rings. The molecule has 2 aromatic carbocycles. The van der Waals surface area contributed by atoms with Gasteiger partial charge in [0.1, 0.15) is 5.69 Å². The zero-order chi connectivity index (χ0) is 18.2. The summed E-state index contributed by atoms with van der Waals surface area (Å²) in [6, 6.07) is 15.2. The van der Waals surface area contributed by atoms with E-state index in [1.807, 2.05) is 0 Å². The molecule has 0 saturated carbocycles. The first-order chi connectivity index (χ1) is 12.1. The molecule has 0 aliphatic carbocycles. The Morgan fingerprint density at radius 2 is 1.80 bits per heavy atom. The Hall–Kier alpha value is -1.97. The van der Waals surface area contributed by atoms with E-state index < -0.39 is 0 Å². The van der Waals surface area contributed by atoms with Crippen molar-refractivity contribution >= 4 is 29.2 Å². The van der Waals surface area contributed by atoms with Crippen molar-refractivity contribution in [1.82, 2.24) is 0 Å². The van der Waals surface area contributed by atoms with Gasteiger partial charge in [-0.05, 0) is 56.2 Å². The third kappa shape index (κ3) is 5.52. The molecule has 2 nitrogen and oxygen atoms in total. The molecule has 0 saturated heterocycles. The molecule has 3 heteroatoms. The van der Waals surface area contributed by atoms with E-state index in [1.54, 1.807) is 11.8 Å². The van der Waals surface area contributed by atoms with Gasteiger partial charge < -0.3 is 10.2 Å². The largest absolute Gasteiger partial charge is 0.372 e. The second kappa shape index (κ2) is 9.50. The quantitative estimate of drug-likeness (QED) is 0.410. The summed E-state index contributed by atoms with van der Waals surface area (Å²) >= 11 is 1.72. The second-order valence-corrected chi connectivity index (χ2v) is 7.16. The summed E-state index contributed by atoms with van der Waals surface area (Å²) in [4.78, 5) is 4.64. The van der Waals surface area contributed by atoms with Gasteiger partial charge in [-0.25, -0.2) is 0 Å². The van der Waals surface area contributed by atoms with Crippen molar-refractivity contribution in [2.24, 2.45) is 0 Å². The lowest BCUT2D eigenvalue weighted by Crippen LogP contribution is -2.73. The highest BCUT2D eigenvalue weighted by Gasteiger charge is 2.06. The Morgan fingerprint density at radius 1 is 1.12 bits per heavy atom. The Labute approximate surface area is 156 Å². The number of anilines is 1. The van der Waals surface area contributed by atoms with Crippen molar-refractivity contribution < 1.29 is 5.32 Å². The molecule has 0 bridgehead atoms. The predicted octanol–water partition coefficient (Wildman–Crippen LogP) is 4.99. The minimum absolute atomic E-state index is 1.03. The van der Waals surface area contributed by atoms with Gasteiger partial charge in [0.25, 0.3) is 0 Å². The topological polar surface area (TPSA) is 19.9 Å². The number of quaternary nitrogens is 1. The number of nitrogens with zero attached hydrogens (tertiary/aromatic N) is 1. The van der Waals surface area contributed by atoms with Crippen LogP contribution in [0.2, 0.25) is 0 Å². The fraction of sp³-hybridized carbons (Fsp3) is 0.273. The van der Waals surface area contributed by atoms with Gasteiger partial charge in [0.05, 0.1) is 11.9 Å². The van der Waals surface area contributed by atoms with Gasteiger partial charge in [-0.3, -0.25) is 0 Å². The fourth-order valence-electron chi connectivity index (χ4n) is 2.74. The number of aryl methyl sites for hydroxylation is 1. The number of rotatable bonds is 8. The maximum atomic E-state index is 4.19. The lowest BCUT2D eigenvalue weighted by Gasteiger charge is -2.20. The van der Waals surface area contributed by atoms with Gasteiger partial charge in [-0.2, -0.15) is 0 Å². The van der Waals surface area contributed by atoms with E-state index in [2.05, 4.69) is 99.2 Å². The van der Waals surface area contributed by atoms with Crippen LogP contribution < -0.4 is 10.2 Å². The molecule has 2 rings (SSSR count). The van der Waals surface area contributed by atoms with Crippen molar-refractivity contribution in [2.75, 3.05) is 25.0 Å². The SMILES string of the molecule is C=C(/C=C/c1ccc(N(CC)CC)cc1)Sc1ccc(C)cc1[NH2+]C. The average molecular weight is 354 g/mol. The summed E-state index contributed by atoms with van der Waals surface area (Å²) < 4.78 is 0. The third-order valence-electron chi connectivity index (χ3n) is 4.20. The van der Waals surface area contributed by atoms with Crippen LogP contribution in [0.15, 0.2) is 64.9 Å². The summed E-state index contributed by atoms with van der Waals surface area (Å²) in [6.45, 7) is 12.8. The highest BCUT2D eigenvalue weighted by Crippen LogP contribution is 2.31. The van der Waals surface area contributed by atoms with Crippen molar-refractivity contribution in [3.63, 3.8) is 0 Å². The van der Waals surface area contributed by atoms with E-state index in [4.69, 9.17) is 0 Å². The highest BCUT2D eigenvalue weighted by atomic mass is 32.2. The van der Waals surface area contributed by atoms with E-state index in [-0.39, 0.29) is 0 Å². The molecule has 0 aliphatic rings. The highest BCUT2D eigenvalue weighted by molar-refractivity contribution is 8.03. The van der Waals surface area contributed by atoms with Gasteiger partial charge in [0.2, 0.25) is 0 Å². The molecule has 0 unspecified atom stereocenters. The van der Waals surface area contributed by atoms with Crippen LogP contribution in [0.4, 0.5) is 11.4 Å². The summed E-state index contributed by atoms with van der Waals surface area (Å²) in [5.41, 5.74) is 5.02. The average Bonchev–Trinajstić information content (AvgIpc) is 2.63. The van der Waals surface area contributed by atoms with Crippen LogP contribution in [0.5, 0.6) is 0 Å².